The molecule has 0 aliphatic carbocycles. The van der Waals surface area contributed by atoms with Crippen molar-refractivity contribution in [1.29, 1.82) is 0 Å². The summed E-state index contributed by atoms with van der Waals surface area (Å²) >= 11 is 0. The number of carboxylic acid groups (broad SMARTS) is 2. The molecular weight excluding hydrogens is 494 g/mol. The van der Waals surface area contributed by atoms with Gasteiger partial charge < -0.3 is 30.3 Å². The number of ether oxygens (including phenoxy) is 2. The standard InChI is InChI=1S/C21H30F2N2O11/c1-20(2,3)35-18(33)24-9(7-11(26)27)15(30)13(22)17(32)14(23)16(31)10(8-12(28)29)25-19(34)36-21(4,5)6/h9-10,13-14H,7-8H2,1-6H3,(H,24,33)(H,25,34)(H,26,27)(H,28,29)/t9-,10-,13?,14?/m0/s1. The van der Waals surface area contributed by atoms with Gasteiger partial charge in [0, 0.05) is 0 Å². The maximum Gasteiger partial charge on any atom is 0.408 e. The Bertz CT molecular complexity index is 823. The Labute approximate surface area is 204 Å². The van der Waals surface area contributed by atoms with Gasteiger partial charge in [0.1, 0.15) is 23.3 Å². The SMILES string of the molecule is CC(C)(C)OC(=O)N[C@@H](CC(=O)O)C(=O)C(F)C(=O)C(F)C(=O)[C@H](CC(=O)O)NC(=O)OC(C)(C)C. The zero-order valence-electron chi connectivity index (χ0n) is 20.5. The molecule has 4 atom stereocenters. The van der Waals surface area contributed by atoms with Crippen LogP contribution in [0, 0.1) is 0 Å². The van der Waals surface area contributed by atoms with Crippen molar-refractivity contribution in [3.05, 3.63) is 0 Å². The second kappa shape index (κ2) is 12.9. The highest BCUT2D eigenvalue weighted by atomic mass is 19.1. The number of alkyl halides is 2. The Balaban J connectivity index is 5.66. The van der Waals surface area contributed by atoms with Crippen LogP contribution in [0.4, 0.5) is 18.4 Å². The van der Waals surface area contributed by atoms with E-state index in [1.807, 2.05) is 0 Å². The van der Waals surface area contributed by atoms with Crippen molar-refractivity contribution in [2.75, 3.05) is 0 Å². The van der Waals surface area contributed by atoms with Crippen LogP contribution in [0.1, 0.15) is 54.4 Å². The summed E-state index contributed by atoms with van der Waals surface area (Å²) in [6.45, 7) is 8.58. The summed E-state index contributed by atoms with van der Waals surface area (Å²) in [7, 11) is 0. The van der Waals surface area contributed by atoms with Crippen LogP contribution in [0.25, 0.3) is 0 Å². The summed E-state index contributed by atoms with van der Waals surface area (Å²) in [5, 5.41) is 21.4. The minimum Gasteiger partial charge on any atom is -0.481 e. The lowest BCUT2D eigenvalue weighted by molar-refractivity contribution is -0.146. The predicted octanol–water partition coefficient (Wildman–Crippen LogP) is 1.11. The van der Waals surface area contributed by atoms with Gasteiger partial charge in [-0.3, -0.25) is 24.0 Å². The van der Waals surface area contributed by atoms with Gasteiger partial charge in [-0.1, -0.05) is 0 Å². The zero-order valence-corrected chi connectivity index (χ0v) is 20.5. The topological polar surface area (TPSA) is 202 Å². The van der Waals surface area contributed by atoms with Crippen molar-refractivity contribution in [3.8, 4) is 0 Å². The number of halogens is 2. The van der Waals surface area contributed by atoms with Gasteiger partial charge in [0.05, 0.1) is 12.8 Å². The Morgan fingerprint density at radius 2 is 0.917 bits per heavy atom. The number of Topliss-reactive ketones (excluding diaryl/α,β-unsaturated/α-hetero) is 3. The lowest BCUT2D eigenvalue weighted by Crippen LogP contribution is -2.53. The van der Waals surface area contributed by atoms with E-state index < -0.39 is 89.9 Å². The Hall–Kier alpha value is -3.65. The van der Waals surface area contributed by atoms with Crippen LogP contribution in [-0.4, -0.2) is 87.3 Å². The largest absolute Gasteiger partial charge is 0.481 e. The van der Waals surface area contributed by atoms with Crippen molar-refractivity contribution >= 4 is 41.5 Å². The van der Waals surface area contributed by atoms with E-state index in [-0.39, 0.29) is 0 Å². The van der Waals surface area contributed by atoms with E-state index in [9.17, 15) is 42.3 Å². The van der Waals surface area contributed by atoms with E-state index in [2.05, 4.69) is 0 Å². The van der Waals surface area contributed by atoms with Crippen LogP contribution in [0.5, 0.6) is 0 Å². The van der Waals surface area contributed by atoms with Crippen molar-refractivity contribution in [3.63, 3.8) is 0 Å². The average Bonchev–Trinajstić information content (AvgIpc) is 2.66. The molecule has 0 bridgehead atoms. The van der Waals surface area contributed by atoms with Gasteiger partial charge in [-0.15, -0.1) is 0 Å². The van der Waals surface area contributed by atoms with Crippen LogP contribution in [-0.2, 0) is 33.4 Å². The van der Waals surface area contributed by atoms with Crippen LogP contribution in [0.3, 0.4) is 0 Å². The lowest BCUT2D eigenvalue weighted by Gasteiger charge is -2.24. The van der Waals surface area contributed by atoms with Crippen LogP contribution in [0.15, 0.2) is 0 Å². The fraction of sp³-hybridized carbons (Fsp3) is 0.667. The van der Waals surface area contributed by atoms with Gasteiger partial charge in [-0.2, -0.15) is 0 Å². The number of ketones is 3. The number of hydrogen-bond donors (Lipinski definition) is 4. The van der Waals surface area contributed by atoms with Crippen LogP contribution >= 0.6 is 0 Å². The smallest absolute Gasteiger partial charge is 0.408 e. The van der Waals surface area contributed by atoms with Crippen molar-refractivity contribution in [2.45, 2.75) is 90.0 Å². The third-order valence-corrected chi connectivity index (χ3v) is 3.83. The molecule has 15 heteroatoms. The number of alkyl carbamates (subject to hydrolysis) is 2. The Kier molecular flexibility index (Phi) is 11.6. The minimum absolute atomic E-state index is 1.09. The summed E-state index contributed by atoms with van der Waals surface area (Å²) in [5.74, 6) is -9.45. The van der Waals surface area contributed by atoms with Gasteiger partial charge in [0.25, 0.3) is 0 Å². The zero-order chi connectivity index (χ0) is 28.6. The number of rotatable bonds is 12. The number of carbonyl (C=O) groups excluding carboxylic acids is 5. The molecular formula is C21H30F2N2O11. The predicted molar refractivity (Wildman–Crippen MR) is 116 cm³/mol. The first-order valence-electron chi connectivity index (χ1n) is 10.5. The number of nitrogens with one attached hydrogen (secondary N) is 2. The fourth-order valence-electron chi connectivity index (χ4n) is 2.46. The molecule has 0 aromatic rings. The first-order valence-corrected chi connectivity index (χ1v) is 10.5. The van der Waals surface area contributed by atoms with Gasteiger partial charge in [-0.25, -0.2) is 18.4 Å². The van der Waals surface area contributed by atoms with E-state index in [0.29, 0.717) is 0 Å². The van der Waals surface area contributed by atoms with E-state index in [1.165, 1.54) is 41.5 Å². The molecule has 0 aromatic carbocycles. The molecule has 0 heterocycles. The highest BCUT2D eigenvalue weighted by Gasteiger charge is 2.43. The quantitative estimate of drug-likeness (QED) is 0.266. The molecule has 0 saturated heterocycles. The number of amides is 2. The van der Waals surface area contributed by atoms with Gasteiger partial charge >= 0.3 is 24.1 Å². The van der Waals surface area contributed by atoms with Gasteiger partial charge in [-0.05, 0) is 41.5 Å². The molecule has 204 valence electrons. The van der Waals surface area contributed by atoms with Crippen molar-refractivity contribution < 1.29 is 62.0 Å². The molecule has 0 aliphatic heterocycles. The van der Waals surface area contributed by atoms with E-state index in [1.54, 1.807) is 10.6 Å². The van der Waals surface area contributed by atoms with E-state index in [0.717, 1.165) is 0 Å². The van der Waals surface area contributed by atoms with Crippen LogP contribution < -0.4 is 10.6 Å². The summed E-state index contributed by atoms with van der Waals surface area (Å²) in [6.07, 6.45) is -11.9. The summed E-state index contributed by atoms with van der Waals surface area (Å²) in [5.41, 5.74) is -2.19. The van der Waals surface area contributed by atoms with E-state index in [4.69, 9.17) is 19.7 Å². The first kappa shape index (κ1) is 32.4. The molecule has 0 rings (SSSR count). The maximum absolute atomic E-state index is 14.6. The molecule has 0 saturated carbocycles. The summed E-state index contributed by atoms with van der Waals surface area (Å²) in [6, 6.07) is -4.35. The molecule has 0 aliphatic rings. The molecule has 13 nitrogen and oxygen atoms in total. The number of aliphatic carboxylic acids is 2. The second-order valence-corrected chi connectivity index (χ2v) is 9.53. The lowest BCUT2D eigenvalue weighted by atomic mass is 9.95. The number of hydrogen-bond acceptors (Lipinski definition) is 9. The molecule has 0 radical (unpaired) electrons. The third kappa shape index (κ3) is 12.2. The van der Waals surface area contributed by atoms with Gasteiger partial charge in [0.15, 0.2) is 11.6 Å². The molecule has 0 aromatic heterocycles. The van der Waals surface area contributed by atoms with Crippen molar-refractivity contribution in [2.24, 2.45) is 0 Å². The molecule has 4 N–H and O–H groups in total. The summed E-state index contributed by atoms with van der Waals surface area (Å²) < 4.78 is 38.8. The molecule has 0 spiro atoms. The average molecular weight is 524 g/mol. The Morgan fingerprint density at radius 3 is 1.14 bits per heavy atom. The molecule has 2 unspecified atom stereocenters. The highest BCUT2D eigenvalue weighted by molar-refractivity contribution is 6.18. The minimum atomic E-state index is -3.42. The first-order chi connectivity index (χ1) is 16.1. The molecule has 2 amide bonds. The van der Waals surface area contributed by atoms with Crippen LogP contribution in [0.2, 0.25) is 0 Å². The maximum atomic E-state index is 14.6. The summed E-state index contributed by atoms with van der Waals surface area (Å²) in [4.78, 5) is 82.6. The monoisotopic (exact) mass is 524 g/mol. The molecule has 0 fully saturated rings. The normalized spacial score (nSPS) is 14.9. The highest BCUT2D eigenvalue weighted by Crippen LogP contribution is 2.14. The molecule has 36 heavy (non-hydrogen) atoms. The second-order valence-electron chi connectivity index (χ2n) is 9.53. The van der Waals surface area contributed by atoms with Crippen molar-refractivity contribution in [1.82, 2.24) is 10.6 Å². The fourth-order valence-corrected chi connectivity index (χ4v) is 2.46. The Morgan fingerprint density at radius 1 is 0.639 bits per heavy atom. The number of carbonyl (C=O) groups is 7. The third-order valence-electron chi connectivity index (χ3n) is 3.83. The van der Waals surface area contributed by atoms with E-state index >= 15 is 0 Å². The van der Waals surface area contributed by atoms with Gasteiger partial charge in [0.2, 0.25) is 18.1 Å². The number of carboxylic acids is 2.